The number of aliphatic hydroxyl groups is 1. The summed E-state index contributed by atoms with van der Waals surface area (Å²) in [5.41, 5.74) is 2.42. The third-order valence-corrected chi connectivity index (χ3v) is 4.84. The molecule has 0 saturated carbocycles. The third kappa shape index (κ3) is 3.58. The highest BCUT2D eigenvalue weighted by Gasteiger charge is 2.14. The van der Waals surface area contributed by atoms with Crippen molar-refractivity contribution in [1.82, 2.24) is 14.5 Å². The standard InChI is InChI=1S/C19H20N4O2S/c1-3-5-13(2)6-4-10-23-12-22-16-15-14(20-9-11-24)7-8-21-18(15)26-17(16)19(23)25/h3-8,10,12,24H,9,11H2,1-2H3,(H,20,21)/b5-3-,10-4+,13-6-. The lowest BCUT2D eigenvalue weighted by Crippen LogP contribution is -2.14. The van der Waals surface area contributed by atoms with E-state index in [9.17, 15) is 4.79 Å². The van der Waals surface area contributed by atoms with E-state index < -0.39 is 0 Å². The van der Waals surface area contributed by atoms with Gasteiger partial charge in [-0.15, -0.1) is 11.3 Å². The minimum atomic E-state index is -0.126. The summed E-state index contributed by atoms with van der Waals surface area (Å²) in [5, 5.41) is 13.0. The Labute approximate surface area is 154 Å². The summed E-state index contributed by atoms with van der Waals surface area (Å²) < 4.78 is 2.03. The van der Waals surface area contributed by atoms with Crippen LogP contribution in [-0.4, -0.2) is 32.8 Å². The van der Waals surface area contributed by atoms with E-state index >= 15 is 0 Å². The zero-order valence-electron chi connectivity index (χ0n) is 14.6. The van der Waals surface area contributed by atoms with Crippen molar-refractivity contribution in [2.24, 2.45) is 0 Å². The van der Waals surface area contributed by atoms with Crippen molar-refractivity contribution in [1.29, 1.82) is 0 Å². The Hall–Kier alpha value is -2.77. The molecule has 0 amide bonds. The van der Waals surface area contributed by atoms with Crippen molar-refractivity contribution >= 4 is 43.7 Å². The van der Waals surface area contributed by atoms with Crippen molar-refractivity contribution in [2.75, 3.05) is 18.5 Å². The van der Waals surface area contributed by atoms with E-state index in [2.05, 4.69) is 15.3 Å². The average molecular weight is 368 g/mol. The number of allylic oxidation sites excluding steroid dienone is 5. The summed E-state index contributed by atoms with van der Waals surface area (Å²) in [7, 11) is 0. The highest BCUT2D eigenvalue weighted by Crippen LogP contribution is 2.33. The number of hydrogen-bond donors (Lipinski definition) is 2. The first kappa shape index (κ1) is 18.0. The molecule has 0 saturated heterocycles. The number of nitrogens with zero attached hydrogens (tertiary/aromatic N) is 3. The Morgan fingerprint density at radius 2 is 2.27 bits per heavy atom. The largest absolute Gasteiger partial charge is 0.395 e. The lowest BCUT2D eigenvalue weighted by Gasteiger charge is -2.05. The van der Waals surface area contributed by atoms with E-state index in [-0.39, 0.29) is 12.2 Å². The molecule has 0 aliphatic rings. The van der Waals surface area contributed by atoms with Gasteiger partial charge in [0.25, 0.3) is 5.56 Å². The van der Waals surface area contributed by atoms with Gasteiger partial charge in [0.1, 0.15) is 15.9 Å². The summed E-state index contributed by atoms with van der Waals surface area (Å²) in [6.45, 7) is 4.40. The molecular weight excluding hydrogens is 348 g/mol. The van der Waals surface area contributed by atoms with Crippen molar-refractivity contribution < 1.29 is 5.11 Å². The summed E-state index contributed by atoms with van der Waals surface area (Å²) in [6.07, 6.45) is 12.6. The number of aromatic nitrogens is 3. The highest BCUT2D eigenvalue weighted by molar-refractivity contribution is 7.25. The van der Waals surface area contributed by atoms with Crippen LogP contribution in [0.4, 0.5) is 5.69 Å². The van der Waals surface area contributed by atoms with Crippen molar-refractivity contribution in [3.05, 3.63) is 58.8 Å². The van der Waals surface area contributed by atoms with Crippen LogP contribution in [0.5, 0.6) is 0 Å². The van der Waals surface area contributed by atoms with Crippen LogP contribution in [0.25, 0.3) is 26.6 Å². The lowest BCUT2D eigenvalue weighted by molar-refractivity contribution is 0.311. The molecule has 26 heavy (non-hydrogen) atoms. The first-order valence-electron chi connectivity index (χ1n) is 8.26. The van der Waals surface area contributed by atoms with Crippen LogP contribution in [0.2, 0.25) is 0 Å². The molecule has 0 fully saturated rings. The van der Waals surface area contributed by atoms with E-state index in [1.807, 2.05) is 44.2 Å². The highest BCUT2D eigenvalue weighted by atomic mass is 32.1. The topological polar surface area (TPSA) is 80.0 Å². The van der Waals surface area contributed by atoms with Gasteiger partial charge in [-0.05, 0) is 26.0 Å². The zero-order chi connectivity index (χ0) is 18.5. The number of anilines is 1. The molecule has 3 aromatic rings. The molecule has 0 aliphatic heterocycles. The van der Waals surface area contributed by atoms with Crippen molar-refractivity contribution in [2.45, 2.75) is 13.8 Å². The van der Waals surface area contributed by atoms with Crippen LogP contribution < -0.4 is 10.9 Å². The van der Waals surface area contributed by atoms with Gasteiger partial charge in [0.15, 0.2) is 0 Å². The van der Waals surface area contributed by atoms with Crippen LogP contribution >= 0.6 is 11.3 Å². The van der Waals surface area contributed by atoms with Crippen LogP contribution in [-0.2, 0) is 0 Å². The smallest absolute Gasteiger partial charge is 0.275 e. The van der Waals surface area contributed by atoms with Crippen LogP contribution in [0.15, 0.2) is 53.3 Å². The van der Waals surface area contributed by atoms with Crippen molar-refractivity contribution in [3.8, 4) is 0 Å². The van der Waals surface area contributed by atoms with Gasteiger partial charge in [-0.1, -0.05) is 23.8 Å². The molecule has 134 valence electrons. The normalized spacial score (nSPS) is 12.8. The Morgan fingerprint density at radius 1 is 1.42 bits per heavy atom. The number of pyridine rings is 1. The number of thiophene rings is 1. The fourth-order valence-corrected chi connectivity index (χ4v) is 3.67. The van der Waals surface area contributed by atoms with E-state index in [4.69, 9.17) is 5.11 Å². The second kappa shape index (κ2) is 8.07. The summed E-state index contributed by atoms with van der Waals surface area (Å²) in [5.74, 6) is 0. The quantitative estimate of drug-likeness (QED) is 0.652. The van der Waals surface area contributed by atoms with Gasteiger partial charge in [0, 0.05) is 24.6 Å². The van der Waals surface area contributed by atoms with E-state index in [1.54, 1.807) is 12.4 Å². The SMILES string of the molecule is C\C=C/C(C)=C\C=C\n1cnc2c(sc3nccc(NCCO)c32)c1=O. The summed E-state index contributed by atoms with van der Waals surface area (Å²) >= 11 is 1.33. The van der Waals surface area contributed by atoms with Gasteiger partial charge in [-0.3, -0.25) is 9.36 Å². The van der Waals surface area contributed by atoms with Gasteiger partial charge < -0.3 is 10.4 Å². The molecule has 3 heterocycles. The molecule has 0 radical (unpaired) electrons. The van der Waals surface area contributed by atoms with Gasteiger partial charge in [-0.2, -0.15) is 0 Å². The van der Waals surface area contributed by atoms with Gasteiger partial charge >= 0.3 is 0 Å². The molecule has 0 aromatic carbocycles. The number of hydrogen-bond acceptors (Lipinski definition) is 6. The fourth-order valence-electron chi connectivity index (χ4n) is 2.62. The lowest BCUT2D eigenvalue weighted by atomic mass is 10.2. The Kier molecular flexibility index (Phi) is 5.60. The Balaban J connectivity index is 2.07. The third-order valence-electron chi connectivity index (χ3n) is 3.77. The maximum absolute atomic E-state index is 12.8. The molecule has 0 unspecified atom stereocenters. The molecule has 2 N–H and O–H groups in total. The van der Waals surface area contributed by atoms with Gasteiger partial charge in [0.05, 0.1) is 17.5 Å². The molecule has 0 bridgehead atoms. The first-order valence-corrected chi connectivity index (χ1v) is 9.08. The predicted molar refractivity (Wildman–Crippen MR) is 109 cm³/mol. The zero-order valence-corrected chi connectivity index (χ0v) is 15.5. The van der Waals surface area contributed by atoms with Gasteiger partial charge in [-0.25, -0.2) is 9.97 Å². The molecule has 0 atom stereocenters. The Morgan fingerprint density at radius 3 is 3.04 bits per heavy atom. The molecule has 3 rings (SSSR count). The summed E-state index contributed by atoms with van der Waals surface area (Å²) in [4.78, 5) is 22.4. The first-order chi connectivity index (χ1) is 12.7. The number of rotatable bonds is 6. The van der Waals surface area contributed by atoms with E-state index in [0.29, 0.717) is 16.8 Å². The van der Waals surface area contributed by atoms with Crippen molar-refractivity contribution in [3.63, 3.8) is 0 Å². The molecule has 0 spiro atoms. The van der Waals surface area contributed by atoms with Crippen LogP contribution in [0.3, 0.4) is 0 Å². The maximum Gasteiger partial charge on any atom is 0.275 e. The van der Waals surface area contributed by atoms with E-state index in [0.717, 1.165) is 21.5 Å². The average Bonchev–Trinajstić information content (AvgIpc) is 3.02. The summed E-state index contributed by atoms with van der Waals surface area (Å²) in [6, 6.07) is 1.83. The minimum absolute atomic E-state index is 0.0249. The number of nitrogens with one attached hydrogen (secondary N) is 1. The molecule has 0 aliphatic carbocycles. The monoisotopic (exact) mass is 368 g/mol. The Bertz CT molecular complexity index is 1080. The molecule has 7 heteroatoms. The molecular formula is C19H20N4O2S. The second-order valence-electron chi connectivity index (χ2n) is 5.68. The molecule has 3 aromatic heterocycles. The van der Waals surface area contributed by atoms with Crippen LogP contribution in [0.1, 0.15) is 13.8 Å². The fraction of sp³-hybridized carbons (Fsp3) is 0.211. The minimum Gasteiger partial charge on any atom is -0.395 e. The second-order valence-corrected chi connectivity index (χ2v) is 6.68. The molecule has 6 nitrogen and oxygen atoms in total. The number of fused-ring (bicyclic) bond motifs is 3. The number of aliphatic hydroxyl groups excluding tert-OH is 1. The van der Waals surface area contributed by atoms with Crippen LogP contribution in [0, 0.1) is 0 Å². The predicted octanol–water partition coefficient (Wildman–Crippen LogP) is 3.40. The van der Waals surface area contributed by atoms with E-state index in [1.165, 1.54) is 22.2 Å². The maximum atomic E-state index is 12.8. The van der Waals surface area contributed by atoms with Gasteiger partial charge in [0.2, 0.25) is 0 Å².